The summed E-state index contributed by atoms with van der Waals surface area (Å²) in [5.74, 6) is 1.10. The van der Waals surface area contributed by atoms with Crippen molar-refractivity contribution in [2.75, 3.05) is 11.9 Å². The molecule has 1 aromatic heterocycles. The van der Waals surface area contributed by atoms with Crippen LogP contribution >= 0.6 is 0 Å². The van der Waals surface area contributed by atoms with Gasteiger partial charge in [-0.3, -0.25) is 5.32 Å². The van der Waals surface area contributed by atoms with Gasteiger partial charge in [-0.15, -0.1) is 5.10 Å². The molecule has 0 spiro atoms. The zero-order valence-corrected chi connectivity index (χ0v) is 17.2. The van der Waals surface area contributed by atoms with Gasteiger partial charge >= 0.3 is 6.03 Å². The molecular formula is C23H28N4O2. The minimum Gasteiger partial charge on any atom is -0.477 e. The van der Waals surface area contributed by atoms with Crippen molar-refractivity contribution in [1.29, 1.82) is 0 Å². The molecule has 1 aromatic carbocycles. The first kappa shape index (κ1) is 20.5. The highest BCUT2D eigenvalue weighted by atomic mass is 16.5. The summed E-state index contributed by atoms with van der Waals surface area (Å²) in [6.07, 6.45) is 7.67. The number of urea groups is 1. The molecule has 152 valence electrons. The molecular weight excluding hydrogens is 364 g/mol. The van der Waals surface area contributed by atoms with Crippen LogP contribution in [-0.2, 0) is 0 Å². The summed E-state index contributed by atoms with van der Waals surface area (Å²) in [6, 6.07) is 9.36. The number of hydrogen-bond donors (Lipinski definition) is 2. The van der Waals surface area contributed by atoms with Crippen LogP contribution in [0.1, 0.15) is 32.3 Å². The number of ether oxygens (including phenoxy) is 1. The third kappa shape index (κ3) is 4.42. The van der Waals surface area contributed by atoms with E-state index in [-0.39, 0.29) is 12.1 Å². The van der Waals surface area contributed by atoms with Crippen molar-refractivity contribution in [3.63, 3.8) is 0 Å². The van der Waals surface area contributed by atoms with Crippen molar-refractivity contribution in [1.82, 2.24) is 15.1 Å². The predicted octanol–water partition coefficient (Wildman–Crippen LogP) is 4.92. The first-order valence-corrected chi connectivity index (χ1v) is 9.92. The first-order chi connectivity index (χ1) is 14.1. The molecule has 3 rings (SSSR count). The zero-order chi connectivity index (χ0) is 20.8. The second kappa shape index (κ2) is 9.28. The number of para-hydroxylation sites is 1. The van der Waals surface area contributed by atoms with Gasteiger partial charge in [0.1, 0.15) is 5.82 Å². The van der Waals surface area contributed by atoms with Crippen molar-refractivity contribution in [3.8, 4) is 11.6 Å². The number of amides is 2. The Hall–Kier alpha value is -3.28. The maximum Gasteiger partial charge on any atom is 0.320 e. The molecule has 2 amide bonds. The fourth-order valence-corrected chi connectivity index (χ4v) is 3.55. The number of anilines is 1. The van der Waals surface area contributed by atoms with Crippen LogP contribution in [-0.4, -0.2) is 28.5 Å². The molecule has 0 unspecified atom stereocenters. The molecule has 29 heavy (non-hydrogen) atoms. The molecule has 1 atom stereocenters. The number of carbonyl (C=O) groups excluding carboxylic acids is 1. The Kier molecular flexibility index (Phi) is 6.54. The van der Waals surface area contributed by atoms with Crippen LogP contribution in [0.25, 0.3) is 5.69 Å². The molecule has 0 aliphatic heterocycles. The molecule has 6 heteroatoms. The molecule has 0 saturated carbocycles. The van der Waals surface area contributed by atoms with E-state index in [1.54, 1.807) is 4.68 Å². The summed E-state index contributed by atoms with van der Waals surface area (Å²) in [5.41, 5.74) is 3.92. The second-order valence-corrected chi connectivity index (χ2v) is 6.83. The van der Waals surface area contributed by atoms with E-state index < -0.39 is 0 Å². The fraction of sp³-hybridized carbons (Fsp3) is 0.304. The summed E-state index contributed by atoms with van der Waals surface area (Å²) < 4.78 is 7.34. The number of benzene rings is 1. The van der Waals surface area contributed by atoms with Crippen LogP contribution in [0.2, 0.25) is 0 Å². The fourth-order valence-electron chi connectivity index (χ4n) is 3.55. The standard InChI is InChI=1S/C23H28N4O2/c1-5-11-19-17(6-2)14-15-20(19)24-23(28)25-21-16(4)22(29-7-3)26-27(21)18-12-9-8-10-13-18/h5-6,8-13,20H,2,7,14-15H2,1,3-4H3,(H2,24,25,28)/b11-5-/t20-/m0/s1. The summed E-state index contributed by atoms with van der Waals surface area (Å²) in [7, 11) is 0. The highest BCUT2D eigenvalue weighted by Gasteiger charge is 2.25. The monoisotopic (exact) mass is 392 g/mol. The highest BCUT2D eigenvalue weighted by Crippen LogP contribution is 2.30. The van der Waals surface area contributed by atoms with E-state index in [0.29, 0.717) is 18.3 Å². The van der Waals surface area contributed by atoms with E-state index in [1.807, 2.05) is 69.3 Å². The third-order valence-electron chi connectivity index (χ3n) is 4.94. The lowest BCUT2D eigenvalue weighted by molar-refractivity contribution is 0.249. The van der Waals surface area contributed by atoms with Gasteiger partial charge in [0.05, 0.1) is 23.9 Å². The summed E-state index contributed by atoms with van der Waals surface area (Å²) in [4.78, 5) is 12.8. The van der Waals surface area contributed by atoms with Crippen LogP contribution in [0, 0.1) is 6.92 Å². The maximum absolute atomic E-state index is 12.8. The van der Waals surface area contributed by atoms with Crippen LogP contribution < -0.4 is 15.4 Å². The van der Waals surface area contributed by atoms with Crippen LogP contribution in [0.15, 0.2) is 66.3 Å². The molecule has 2 N–H and O–H groups in total. The average Bonchev–Trinajstić information content (AvgIpc) is 3.25. The Balaban J connectivity index is 1.85. The van der Waals surface area contributed by atoms with Gasteiger partial charge in [0.25, 0.3) is 0 Å². The molecule has 0 bridgehead atoms. The molecule has 1 heterocycles. The minimum absolute atomic E-state index is 0.0426. The molecule has 0 radical (unpaired) electrons. The van der Waals surface area contributed by atoms with E-state index in [1.165, 1.54) is 5.57 Å². The molecule has 0 fully saturated rings. The molecule has 1 aliphatic carbocycles. The SMILES string of the molecule is C=CC1=C(/C=C\C)[C@@H](NC(=O)Nc2c(C)c(OCC)nn2-c2ccccc2)CC1. The summed E-state index contributed by atoms with van der Waals surface area (Å²) in [6.45, 7) is 10.2. The lowest BCUT2D eigenvalue weighted by Gasteiger charge is -2.17. The van der Waals surface area contributed by atoms with Crippen molar-refractivity contribution >= 4 is 11.8 Å². The number of carbonyl (C=O) groups is 1. The first-order valence-electron chi connectivity index (χ1n) is 9.92. The number of nitrogens with zero attached hydrogens (tertiary/aromatic N) is 2. The number of rotatable bonds is 7. The topological polar surface area (TPSA) is 68.2 Å². The number of allylic oxidation sites excluding steroid dienone is 3. The van der Waals surface area contributed by atoms with E-state index in [0.717, 1.165) is 29.7 Å². The van der Waals surface area contributed by atoms with Crippen molar-refractivity contribution in [3.05, 3.63) is 71.8 Å². The van der Waals surface area contributed by atoms with E-state index in [4.69, 9.17) is 4.74 Å². The van der Waals surface area contributed by atoms with Gasteiger partial charge in [0, 0.05) is 0 Å². The molecule has 2 aromatic rings. The largest absolute Gasteiger partial charge is 0.477 e. The van der Waals surface area contributed by atoms with Crippen LogP contribution in [0.3, 0.4) is 0 Å². The van der Waals surface area contributed by atoms with Gasteiger partial charge in [-0.1, -0.05) is 43.0 Å². The van der Waals surface area contributed by atoms with Gasteiger partial charge in [-0.05, 0) is 56.9 Å². The van der Waals surface area contributed by atoms with E-state index in [9.17, 15) is 4.79 Å². The Morgan fingerprint density at radius 2 is 2.14 bits per heavy atom. The van der Waals surface area contributed by atoms with E-state index >= 15 is 0 Å². The minimum atomic E-state index is -0.273. The number of nitrogens with one attached hydrogen (secondary N) is 2. The van der Waals surface area contributed by atoms with Crippen molar-refractivity contribution in [2.24, 2.45) is 0 Å². The van der Waals surface area contributed by atoms with Crippen molar-refractivity contribution in [2.45, 2.75) is 39.7 Å². The lowest BCUT2D eigenvalue weighted by atomic mass is 10.1. The quantitative estimate of drug-likeness (QED) is 0.703. The predicted molar refractivity (Wildman–Crippen MR) is 117 cm³/mol. The smallest absolute Gasteiger partial charge is 0.320 e. The summed E-state index contributed by atoms with van der Waals surface area (Å²) in [5, 5.41) is 10.6. The van der Waals surface area contributed by atoms with Gasteiger partial charge < -0.3 is 10.1 Å². The molecule has 1 aliphatic rings. The average molecular weight is 393 g/mol. The van der Waals surface area contributed by atoms with Gasteiger partial charge in [0.2, 0.25) is 5.88 Å². The van der Waals surface area contributed by atoms with Crippen LogP contribution in [0.5, 0.6) is 5.88 Å². The lowest BCUT2D eigenvalue weighted by Crippen LogP contribution is -2.38. The van der Waals surface area contributed by atoms with E-state index in [2.05, 4.69) is 22.3 Å². The summed E-state index contributed by atoms with van der Waals surface area (Å²) >= 11 is 0. The Labute approximate surface area is 172 Å². The van der Waals surface area contributed by atoms with Crippen LogP contribution in [0.4, 0.5) is 10.6 Å². The third-order valence-corrected chi connectivity index (χ3v) is 4.94. The number of aromatic nitrogens is 2. The zero-order valence-electron chi connectivity index (χ0n) is 17.2. The Bertz CT molecular complexity index is 941. The van der Waals surface area contributed by atoms with Gasteiger partial charge in [-0.2, -0.15) is 0 Å². The normalized spacial score (nSPS) is 16.3. The Morgan fingerprint density at radius 3 is 2.79 bits per heavy atom. The maximum atomic E-state index is 12.8. The Morgan fingerprint density at radius 1 is 1.38 bits per heavy atom. The molecule has 6 nitrogen and oxygen atoms in total. The van der Waals surface area contributed by atoms with Gasteiger partial charge in [-0.25, -0.2) is 9.48 Å². The van der Waals surface area contributed by atoms with Gasteiger partial charge in [0.15, 0.2) is 0 Å². The van der Waals surface area contributed by atoms with Crippen molar-refractivity contribution < 1.29 is 9.53 Å². The second-order valence-electron chi connectivity index (χ2n) is 6.83. The molecule has 0 saturated heterocycles. The highest BCUT2D eigenvalue weighted by molar-refractivity contribution is 5.90. The number of hydrogen-bond acceptors (Lipinski definition) is 3.